The van der Waals surface area contributed by atoms with Crippen molar-refractivity contribution in [2.45, 2.75) is 38.8 Å². The molecule has 0 unspecified atom stereocenters. The molecular formula is C22H25N3O4. The van der Waals surface area contributed by atoms with Crippen LogP contribution in [0.4, 0.5) is 10.5 Å². The Balaban J connectivity index is 1.62. The third kappa shape index (κ3) is 4.93. The largest absolute Gasteiger partial charge is 0.455 e. The molecule has 0 aromatic heterocycles. The number of rotatable bonds is 6. The molecule has 1 aliphatic heterocycles. The average molecular weight is 395 g/mol. The lowest BCUT2D eigenvalue weighted by atomic mass is 10.0. The predicted octanol–water partition coefficient (Wildman–Crippen LogP) is 2.62. The van der Waals surface area contributed by atoms with E-state index in [0.717, 1.165) is 28.8 Å². The maximum atomic E-state index is 12.7. The molecule has 2 aromatic carbocycles. The summed E-state index contributed by atoms with van der Waals surface area (Å²) in [6.07, 6.45) is 0.652. The second-order valence-electron chi connectivity index (χ2n) is 7.29. The number of anilines is 1. The van der Waals surface area contributed by atoms with E-state index in [0.29, 0.717) is 0 Å². The number of para-hydroxylation sites is 1. The number of carbonyl (C=O) groups excluding carboxylic acids is 3. The SMILES string of the molecule is Cc1cccc([C@@H](CC(=O)OCC(=O)N2c3ccccc3C[C@@H]2C)NC(N)=O)c1. The number of nitrogens with zero attached hydrogens (tertiary/aromatic N) is 1. The molecule has 3 rings (SSSR count). The average Bonchev–Trinajstić information content (AvgIpc) is 3.01. The molecule has 3 N–H and O–H groups in total. The van der Waals surface area contributed by atoms with Crippen LogP contribution in [0.15, 0.2) is 48.5 Å². The molecule has 1 aliphatic rings. The lowest BCUT2D eigenvalue weighted by Crippen LogP contribution is -2.39. The summed E-state index contributed by atoms with van der Waals surface area (Å²) in [7, 11) is 0. The number of primary amides is 1. The minimum absolute atomic E-state index is 0.00942. The molecule has 7 heteroatoms. The number of esters is 1. The zero-order valence-electron chi connectivity index (χ0n) is 16.6. The Bertz CT molecular complexity index is 928. The lowest BCUT2D eigenvalue weighted by Gasteiger charge is -2.23. The molecule has 0 radical (unpaired) electrons. The van der Waals surface area contributed by atoms with Crippen molar-refractivity contribution in [1.82, 2.24) is 5.32 Å². The van der Waals surface area contributed by atoms with Gasteiger partial charge in [-0.05, 0) is 37.5 Å². The smallest absolute Gasteiger partial charge is 0.312 e. The maximum Gasteiger partial charge on any atom is 0.312 e. The van der Waals surface area contributed by atoms with Crippen LogP contribution in [-0.2, 0) is 20.7 Å². The van der Waals surface area contributed by atoms with Gasteiger partial charge in [-0.3, -0.25) is 9.59 Å². The summed E-state index contributed by atoms with van der Waals surface area (Å²) in [4.78, 5) is 38.0. The van der Waals surface area contributed by atoms with Crippen LogP contribution >= 0.6 is 0 Å². The van der Waals surface area contributed by atoms with Crippen molar-refractivity contribution in [2.75, 3.05) is 11.5 Å². The standard InChI is InChI=1S/C22H25N3O4/c1-14-6-5-8-16(10-14)18(24-22(23)28)12-21(27)29-13-20(26)25-15(2)11-17-7-3-4-9-19(17)25/h3-10,15,18H,11-13H2,1-2H3,(H3,23,24,28)/t15-,18+/m0/s1. The summed E-state index contributed by atoms with van der Waals surface area (Å²) < 4.78 is 5.22. The third-order valence-electron chi connectivity index (χ3n) is 4.96. The quantitative estimate of drug-likeness (QED) is 0.734. The first-order valence-electron chi connectivity index (χ1n) is 9.53. The zero-order valence-corrected chi connectivity index (χ0v) is 16.6. The fourth-order valence-corrected chi connectivity index (χ4v) is 3.69. The molecule has 2 aromatic rings. The Labute approximate surface area is 169 Å². The number of ether oxygens (including phenoxy) is 1. The molecule has 0 saturated carbocycles. The van der Waals surface area contributed by atoms with E-state index in [1.54, 1.807) is 11.0 Å². The first-order chi connectivity index (χ1) is 13.8. The van der Waals surface area contributed by atoms with Crippen molar-refractivity contribution < 1.29 is 19.1 Å². The molecule has 0 fully saturated rings. The molecule has 0 spiro atoms. The van der Waals surface area contributed by atoms with Gasteiger partial charge in [0.05, 0.1) is 12.5 Å². The highest BCUT2D eigenvalue weighted by atomic mass is 16.5. The van der Waals surface area contributed by atoms with E-state index in [1.165, 1.54) is 0 Å². The van der Waals surface area contributed by atoms with E-state index in [9.17, 15) is 14.4 Å². The first kappa shape index (κ1) is 20.4. The molecule has 7 nitrogen and oxygen atoms in total. The molecule has 152 valence electrons. The van der Waals surface area contributed by atoms with Gasteiger partial charge in [0, 0.05) is 11.7 Å². The topological polar surface area (TPSA) is 102 Å². The van der Waals surface area contributed by atoms with Crippen LogP contribution in [0, 0.1) is 6.92 Å². The molecular weight excluding hydrogens is 370 g/mol. The van der Waals surface area contributed by atoms with Gasteiger partial charge in [0.2, 0.25) is 0 Å². The van der Waals surface area contributed by atoms with Crippen molar-refractivity contribution in [1.29, 1.82) is 0 Å². The van der Waals surface area contributed by atoms with Gasteiger partial charge in [-0.1, -0.05) is 48.0 Å². The van der Waals surface area contributed by atoms with Crippen LogP contribution in [0.25, 0.3) is 0 Å². The Kier molecular flexibility index (Phi) is 6.16. The van der Waals surface area contributed by atoms with Gasteiger partial charge in [0.25, 0.3) is 5.91 Å². The number of carbonyl (C=O) groups is 3. The van der Waals surface area contributed by atoms with Crippen LogP contribution in [-0.4, -0.2) is 30.6 Å². The number of hydrogen-bond donors (Lipinski definition) is 2. The molecule has 2 atom stereocenters. The number of nitrogens with one attached hydrogen (secondary N) is 1. The highest BCUT2D eigenvalue weighted by Crippen LogP contribution is 2.31. The van der Waals surface area contributed by atoms with Gasteiger partial charge in [-0.2, -0.15) is 0 Å². The number of nitrogens with two attached hydrogens (primary N) is 1. The minimum Gasteiger partial charge on any atom is -0.455 e. The molecule has 1 heterocycles. The van der Waals surface area contributed by atoms with Crippen LogP contribution in [0.5, 0.6) is 0 Å². The van der Waals surface area contributed by atoms with E-state index < -0.39 is 18.0 Å². The predicted molar refractivity (Wildman–Crippen MR) is 109 cm³/mol. The van der Waals surface area contributed by atoms with Crippen LogP contribution < -0.4 is 16.0 Å². The Morgan fingerprint density at radius 3 is 2.69 bits per heavy atom. The van der Waals surface area contributed by atoms with E-state index >= 15 is 0 Å². The van der Waals surface area contributed by atoms with E-state index in [-0.39, 0.29) is 25.0 Å². The first-order valence-corrected chi connectivity index (χ1v) is 9.53. The lowest BCUT2D eigenvalue weighted by molar-refractivity contribution is -0.148. The normalized spacial score (nSPS) is 16.1. The monoisotopic (exact) mass is 395 g/mol. The molecule has 0 bridgehead atoms. The molecule has 3 amide bonds. The number of amides is 3. The second-order valence-corrected chi connectivity index (χ2v) is 7.29. The summed E-state index contributed by atoms with van der Waals surface area (Å²) in [5.74, 6) is -0.857. The zero-order chi connectivity index (χ0) is 21.0. The van der Waals surface area contributed by atoms with Gasteiger partial charge in [0.15, 0.2) is 6.61 Å². The number of hydrogen-bond acceptors (Lipinski definition) is 4. The summed E-state index contributed by atoms with van der Waals surface area (Å²) in [5, 5.41) is 2.56. The molecule has 0 aliphatic carbocycles. The van der Waals surface area contributed by atoms with Gasteiger partial charge in [-0.25, -0.2) is 4.79 Å². The highest BCUT2D eigenvalue weighted by molar-refractivity contribution is 5.97. The number of fused-ring (bicyclic) bond motifs is 1. The van der Waals surface area contributed by atoms with Crippen molar-refractivity contribution >= 4 is 23.6 Å². The highest BCUT2D eigenvalue weighted by Gasteiger charge is 2.31. The van der Waals surface area contributed by atoms with Gasteiger partial charge in [0.1, 0.15) is 0 Å². The Hall–Kier alpha value is -3.35. The van der Waals surface area contributed by atoms with Crippen LogP contribution in [0.2, 0.25) is 0 Å². The second kappa shape index (κ2) is 8.77. The van der Waals surface area contributed by atoms with Gasteiger partial charge in [-0.15, -0.1) is 0 Å². The fourth-order valence-electron chi connectivity index (χ4n) is 3.69. The van der Waals surface area contributed by atoms with Crippen molar-refractivity contribution in [3.63, 3.8) is 0 Å². The number of benzene rings is 2. The Morgan fingerprint density at radius 1 is 1.21 bits per heavy atom. The molecule has 29 heavy (non-hydrogen) atoms. The summed E-state index contributed by atoms with van der Waals surface area (Å²) in [6.45, 7) is 3.52. The maximum absolute atomic E-state index is 12.7. The minimum atomic E-state index is -0.733. The van der Waals surface area contributed by atoms with E-state index in [2.05, 4.69) is 5.32 Å². The van der Waals surface area contributed by atoms with Gasteiger partial charge < -0.3 is 20.7 Å². The van der Waals surface area contributed by atoms with E-state index in [4.69, 9.17) is 10.5 Å². The van der Waals surface area contributed by atoms with Crippen LogP contribution in [0.1, 0.15) is 36.1 Å². The van der Waals surface area contributed by atoms with Gasteiger partial charge >= 0.3 is 12.0 Å². The number of aryl methyl sites for hydroxylation is 1. The molecule has 0 saturated heterocycles. The van der Waals surface area contributed by atoms with Crippen molar-refractivity contribution in [2.24, 2.45) is 5.73 Å². The summed E-state index contributed by atoms with van der Waals surface area (Å²) in [6, 6.07) is 13.8. The summed E-state index contributed by atoms with van der Waals surface area (Å²) >= 11 is 0. The third-order valence-corrected chi connectivity index (χ3v) is 4.96. The van der Waals surface area contributed by atoms with Crippen molar-refractivity contribution in [3.05, 3.63) is 65.2 Å². The fraction of sp³-hybridized carbons (Fsp3) is 0.318. The summed E-state index contributed by atoms with van der Waals surface area (Å²) in [5.41, 5.74) is 8.94. The van der Waals surface area contributed by atoms with Crippen molar-refractivity contribution in [3.8, 4) is 0 Å². The van der Waals surface area contributed by atoms with Crippen LogP contribution in [0.3, 0.4) is 0 Å². The number of urea groups is 1. The Morgan fingerprint density at radius 2 is 1.97 bits per heavy atom. The van der Waals surface area contributed by atoms with E-state index in [1.807, 2.05) is 56.3 Å².